The van der Waals surface area contributed by atoms with Gasteiger partial charge >= 0.3 is 0 Å². The Morgan fingerprint density at radius 1 is 1.50 bits per heavy atom. The van der Waals surface area contributed by atoms with E-state index in [-0.39, 0.29) is 6.04 Å². The predicted octanol–water partition coefficient (Wildman–Crippen LogP) is 2.45. The van der Waals surface area contributed by atoms with E-state index in [0.29, 0.717) is 11.8 Å². The van der Waals surface area contributed by atoms with E-state index in [4.69, 9.17) is 10.3 Å². The van der Waals surface area contributed by atoms with Crippen molar-refractivity contribution in [2.75, 3.05) is 0 Å². The molecule has 2 aromatic heterocycles. The number of rotatable bonds is 3. The topological polar surface area (TPSA) is 64.9 Å². The molecule has 1 fully saturated rings. The standard InChI is InChI=1S/C11H13N3OS/c12-9(8-5-2-6-16-8)11-13-10(14-15-11)7-3-1-4-7/h2,5-7,9H,1,3-4,12H2. The minimum absolute atomic E-state index is 0.277. The van der Waals surface area contributed by atoms with Crippen molar-refractivity contribution in [3.05, 3.63) is 34.1 Å². The fourth-order valence-corrected chi connectivity index (χ4v) is 2.51. The number of hydrogen-bond acceptors (Lipinski definition) is 5. The van der Waals surface area contributed by atoms with E-state index in [9.17, 15) is 0 Å². The Morgan fingerprint density at radius 3 is 3.00 bits per heavy atom. The first-order chi connectivity index (χ1) is 7.84. The molecule has 1 aliphatic carbocycles. The van der Waals surface area contributed by atoms with Gasteiger partial charge in [-0.15, -0.1) is 11.3 Å². The maximum atomic E-state index is 6.05. The van der Waals surface area contributed by atoms with Crippen molar-refractivity contribution >= 4 is 11.3 Å². The average Bonchev–Trinajstić information content (AvgIpc) is 2.84. The van der Waals surface area contributed by atoms with Crippen LogP contribution in [0.25, 0.3) is 0 Å². The summed E-state index contributed by atoms with van der Waals surface area (Å²) in [5.74, 6) is 1.85. The van der Waals surface area contributed by atoms with Crippen LogP contribution in [-0.2, 0) is 0 Å². The van der Waals surface area contributed by atoms with E-state index < -0.39 is 0 Å². The largest absolute Gasteiger partial charge is 0.337 e. The summed E-state index contributed by atoms with van der Waals surface area (Å²) in [5.41, 5.74) is 6.05. The Kier molecular flexibility index (Phi) is 2.49. The summed E-state index contributed by atoms with van der Waals surface area (Å²) in [6, 6.07) is 3.69. The van der Waals surface area contributed by atoms with Gasteiger partial charge in [-0.25, -0.2) is 0 Å². The molecule has 0 bridgehead atoms. The van der Waals surface area contributed by atoms with Gasteiger partial charge in [-0.05, 0) is 24.3 Å². The Bertz CT molecular complexity index is 461. The van der Waals surface area contributed by atoms with Crippen LogP contribution in [0, 0.1) is 0 Å². The van der Waals surface area contributed by atoms with Gasteiger partial charge < -0.3 is 10.3 Å². The maximum absolute atomic E-state index is 6.05. The minimum Gasteiger partial charge on any atom is -0.337 e. The van der Waals surface area contributed by atoms with E-state index >= 15 is 0 Å². The van der Waals surface area contributed by atoms with Crippen LogP contribution in [0.4, 0.5) is 0 Å². The highest BCUT2D eigenvalue weighted by Crippen LogP contribution is 2.35. The lowest BCUT2D eigenvalue weighted by molar-refractivity contribution is 0.342. The monoisotopic (exact) mass is 235 g/mol. The van der Waals surface area contributed by atoms with Crippen LogP contribution >= 0.6 is 11.3 Å². The molecule has 0 spiro atoms. The van der Waals surface area contributed by atoms with Crippen LogP contribution in [0.3, 0.4) is 0 Å². The van der Waals surface area contributed by atoms with Gasteiger partial charge in [-0.1, -0.05) is 17.6 Å². The smallest absolute Gasteiger partial charge is 0.248 e. The Balaban J connectivity index is 1.81. The van der Waals surface area contributed by atoms with Crippen LogP contribution in [-0.4, -0.2) is 10.1 Å². The Morgan fingerprint density at radius 2 is 2.38 bits per heavy atom. The first kappa shape index (κ1) is 9.99. The van der Waals surface area contributed by atoms with Gasteiger partial charge in [-0.3, -0.25) is 0 Å². The molecule has 0 aromatic carbocycles. The van der Waals surface area contributed by atoms with E-state index in [1.807, 2.05) is 17.5 Å². The molecule has 0 saturated heterocycles. The molecule has 4 nitrogen and oxygen atoms in total. The highest BCUT2D eigenvalue weighted by molar-refractivity contribution is 7.10. The third-order valence-electron chi connectivity index (χ3n) is 3.04. The molecule has 1 saturated carbocycles. The van der Waals surface area contributed by atoms with Gasteiger partial charge in [0.05, 0.1) is 0 Å². The predicted molar refractivity (Wildman–Crippen MR) is 61.2 cm³/mol. The molecule has 16 heavy (non-hydrogen) atoms. The van der Waals surface area contributed by atoms with Crippen molar-refractivity contribution < 1.29 is 4.52 Å². The second-order valence-corrected chi connectivity index (χ2v) is 5.09. The second kappa shape index (κ2) is 3.99. The summed E-state index contributed by atoms with van der Waals surface area (Å²) in [4.78, 5) is 5.45. The normalized spacial score (nSPS) is 18.3. The van der Waals surface area contributed by atoms with E-state index in [2.05, 4.69) is 10.1 Å². The van der Waals surface area contributed by atoms with E-state index in [1.54, 1.807) is 11.3 Å². The van der Waals surface area contributed by atoms with Crippen molar-refractivity contribution in [3.63, 3.8) is 0 Å². The first-order valence-electron chi connectivity index (χ1n) is 5.47. The summed E-state index contributed by atoms with van der Waals surface area (Å²) in [5, 5.41) is 6.01. The highest BCUT2D eigenvalue weighted by Gasteiger charge is 2.26. The number of hydrogen-bond donors (Lipinski definition) is 1. The summed E-state index contributed by atoms with van der Waals surface area (Å²) in [6.07, 6.45) is 3.62. The molecule has 2 aromatic rings. The first-order valence-corrected chi connectivity index (χ1v) is 6.35. The summed E-state index contributed by atoms with van der Waals surface area (Å²) < 4.78 is 5.23. The van der Waals surface area contributed by atoms with Crippen molar-refractivity contribution in [1.29, 1.82) is 0 Å². The zero-order chi connectivity index (χ0) is 11.0. The molecule has 2 N–H and O–H groups in total. The van der Waals surface area contributed by atoms with Gasteiger partial charge in [0, 0.05) is 10.8 Å². The number of thiophene rings is 1. The molecule has 1 atom stereocenters. The lowest BCUT2D eigenvalue weighted by Crippen LogP contribution is -2.13. The van der Waals surface area contributed by atoms with Crippen LogP contribution in [0.2, 0.25) is 0 Å². The van der Waals surface area contributed by atoms with Gasteiger partial charge in [0.25, 0.3) is 0 Å². The van der Waals surface area contributed by atoms with Gasteiger partial charge in [0.1, 0.15) is 6.04 Å². The fraction of sp³-hybridized carbons (Fsp3) is 0.455. The van der Waals surface area contributed by atoms with E-state index in [1.165, 1.54) is 19.3 Å². The van der Waals surface area contributed by atoms with Crippen LogP contribution in [0.5, 0.6) is 0 Å². The molecule has 0 amide bonds. The summed E-state index contributed by atoms with van der Waals surface area (Å²) in [7, 11) is 0. The quantitative estimate of drug-likeness (QED) is 0.887. The second-order valence-electron chi connectivity index (χ2n) is 4.11. The minimum atomic E-state index is -0.277. The molecule has 3 rings (SSSR count). The van der Waals surface area contributed by atoms with E-state index in [0.717, 1.165) is 10.7 Å². The van der Waals surface area contributed by atoms with Crippen LogP contribution in [0.1, 0.15) is 47.8 Å². The highest BCUT2D eigenvalue weighted by atomic mass is 32.1. The molecule has 0 aliphatic heterocycles. The van der Waals surface area contributed by atoms with Crippen LogP contribution < -0.4 is 5.73 Å². The molecule has 1 unspecified atom stereocenters. The van der Waals surface area contributed by atoms with Gasteiger partial charge in [0.15, 0.2) is 5.82 Å². The molecule has 2 heterocycles. The van der Waals surface area contributed by atoms with Gasteiger partial charge in [-0.2, -0.15) is 4.98 Å². The van der Waals surface area contributed by atoms with Crippen molar-refractivity contribution in [2.45, 2.75) is 31.2 Å². The van der Waals surface area contributed by atoms with Crippen molar-refractivity contribution in [2.24, 2.45) is 5.73 Å². The molecule has 0 radical (unpaired) electrons. The van der Waals surface area contributed by atoms with Gasteiger partial charge in [0.2, 0.25) is 5.89 Å². The third kappa shape index (κ3) is 1.66. The van der Waals surface area contributed by atoms with Crippen LogP contribution in [0.15, 0.2) is 22.0 Å². The van der Waals surface area contributed by atoms with Crippen molar-refractivity contribution in [3.8, 4) is 0 Å². The lowest BCUT2D eigenvalue weighted by Gasteiger charge is -2.20. The molecule has 84 valence electrons. The summed E-state index contributed by atoms with van der Waals surface area (Å²) >= 11 is 1.61. The molecular weight excluding hydrogens is 222 g/mol. The zero-order valence-corrected chi connectivity index (χ0v) is 9.61. The zero-order valence-electron chi connectivity index (χ0n) is 8.80. The molecular formula is C11H13N3OS. The third-order valence-corrected chi connectivity index (χ3v) is 4.00. The maximum Gasteiger partial charge on any atom is 0.248 e. The number of nitrogens with two attached hydrogens (primary N) is 1. The fourth-order valence-electron chi connectivity index (χ4n) is 1.80. The number of aromatic nitrogens is 2. The summed E-state index contributed by atoms with van der Waals surface area (Å²) in [6.45, 7) is 0. The number of nitrogens with zero attached hydrogens (tertiary/aromatic N) is 2. The van der Waals surface area contributed by atoms with Crippen molar-refractivity contribution in [1.82, 2.24) is 10.1 Å². The Labute approximate surface area is 97.5 Å². The Hall–Kier alpha value is -1.20. The molecule has 1 aliphatic rings. The molecule has 5 heteroatoms. The SMILES string of the molecule is NC(c1nc(C2CCC2)no1)c1cccs1. The average molecular weight is 235 g/mol. The lowest BCUT2D eigenvalue weighted by atomic mass is 9.85.